The van der Waals surface area contributed by atoms with Crippen LogP contribution in [-0.4, -0.2) is 21.3 Å². The van der Waals surface area contributed by atoms with Gasteiger partial charge in [0.2, 0.25) is 0 Å². The van der Waals surface area contributed by atoms with E-state index >= 15 is 0 Å². The minimum Gasteiger partial charge on any atom is -0.368 e. The first-order chi connectivity index (χ1) is 9.27. The lowest BCUT2D eigenvalue weighted by atomic mass is 10.1. The Labute approximate surface area is 112 Å². The van der Waals surface area contributed by atoms with Crippen LogP contribution >= 0.6 is 0 Å². The molecule has 0 aliphatic carbocycles. The van der Waals surface area contributed by atoms with E-state index in [-0.39, 0.29) is 17.6 Å². The Morgan fingerprint density at radius 3 is 2.35 bits per heavy atom. The van der Waals surface area contributed by atoms with Crippen molar-refractivity contribution in [2.24, 2.45) is 7.05 Å². The molecule has 2 aromatic rings. The summed E-state index contributed by atoms with van der Waals surface area (Å²) in [4.78, 5) is 12.1. The summed E-state index contributed by atoms with van der Waals surface area (Å²) in [5.74, 6) is -3.39. The molecule has 3 rings (SSSR count). The number of hydrogen-bond donors (Lipinski definition) is 0. The van der Waals surface area contributed by atoms with Crippen molar-refractivity contribution in [3.05, 3.63) is 33.5 Å². The first-order valence-corrected chi connectivity index (χ1v) is 6.13. The van der Waals surface area contributed by atoms with Crippen molar-refractivity contribution >= 4 is 11.0 Å². The van der Waals surface area contributed by atoms with Crippen LogP contribution in [-0.2, 0) is 18.3 Å². The zero-order valence-corrected chi connectivity index (χ0v) is 11.3. The SMILES string of the molecule is Cc1c(F)c(F)c2c(c1F)n(CC1(C)CO1)c(=O)n2C. The Balaban J connectivity index is 2.41. The second-order valence-corrected chi connectivity index (χ2v) is 5.43. The Kier molecular flexibility index (Phi) is 2.57. The molecule has 0 amide bonds. The average molecular weight is 286 g/mol. The molecule has 1 aromatic heterocycles. The van der Waals surface area contributed by atoms with Gasteiger partial charge in [-0.05, 0) is 13.8 Å². The molecule has 1 unspecified atom stereocenters. The highest BCUT2D eigenvalue weighted by molar-refractivity contribution is 5.78. The predicted molar refractivity (Wildman–Crippen MR) is 66.1 cm³/mol. The summed E-state index contributed by atoms with van der Waals surface area (Å²) in [5.41, 5.74) is -2.16. The lowest BCUT2D eigenvalue weighted by Gasteiger charge is -2.09. The van der Waals surface area contributed by atoms with Crippen molar-refractivity contribution in [2.75, 3.05) is 6.61 Å². The van der Waals surface area contributed by atoms with Gasteiger partial charge in [-0.3, -0.25) is 9.13 Å². The molecule has 108 valence electrons. The number of fused-ring (bicyclic) bond motifs is 1. The summed E-state index contributed by atoms with van der Waals surface area (Å²) in [7, 11) is 1.29. The fourth-order valence-corrected chi connectivity index (χ4v) is 2.37. The van der Waals surface area contributed by atoms with E-state index in [9.17, 15) is 18.0 Å². The summed E-state index contributed by atoms with van der Waals surface area (Å²) >= 11 is 0. The summed E-state index contributed by atoms with van der Waals surface area (Å²) in [5, 5.41) is 0. The molecule has 1 saturated heterocycles. The lowest BCUT2D eigenvalue weighted by Crippen LogP contribution is -2.28. The molecule has 7 heteroatoms. The van der Waals surface area contributed by atoms with Gasteiger partial charge in [0.15, 0.2) is 17.5 Å². The van der Waals surface area contributed by atoms with Crippen LogP contribution in [0.3, 0.4) is 0 Å². The molecule has 0 bridgehead atoms. The molecule has 1 aliphatic rings. The van der Waals surface area contributed by atoms with Crippen molar-refractivity contribution in [3.8, 4) is 0 Å². The molecule has 4 nitrogen and oxygen atoms in total. The van der Waals surface area contributed by atoms with Gasteiger partial charge in [0.25, 0.3) is 0 Å². The number of aryl methyl sites for hydroxylation is 1. The third-order valence-electron chi connectivity index (χ3n) is 3.74. The highest BCUT2D eigenvalue weighted by atomic mass is 19.2. The van der Waals surface area contributed by atoms with E-state index in [2.05, 4.69) is 0 Å². The summed E-state index contributed by atoms with van der Waals surface area (Å²) in [6.45, 7) is 3.46. The van der Waals surface area contributed by atoms with E-state index in [1.807, 2.05) is 0 Å². The van der Waals surface area contributed by atoms with Crippen LogP contribution in [0.2, 0.25) is 0 Å². The maximum absolute atomic E-state index is 14.3. The normalized spacial score (nSPS) is 21.7. The molecular weight excluding hydrogens is 273 g/mol. The molecule has 0 N–H and O–H groups in total. The van der Waals surface area contributed by atoms with Crippen LogP contribution in [0.25, 0.3) is 11.0 Å². The molecule has 1 fully saturated rings. The van der Waals surface area contributed by atoms with Crippen molar-refractivity contribution in [2.45, 2.75) is 26.0 Å². The Hall–Kier alpha value is -1.76. The average Bonchev–Trinajstić information content (AvgIpc) is 3.08. The predicted octanol–water partition coefficient (Wildman–Crippen LogP) is 1.85. The zero-order chi connectivity index (χ0) is 14.8. The van der Waals surface area contributed by atoms with Crippen molar-refractivity contribution < 1.29 is 17.9 Å². The van der Waals surface area contributed by atoms with Crippen LogP contribution < -0.4 is 5.69 Å². The number of benzene rings is 1. The van der Waals surface area contributed by atoms with E-state index in [0.29, 0.717) is 6.61 Å². The van der Waals surface area contributed by atoms with Gasteiger partial charge in [-0.25, -0.2) is 18.0 Å². The van der Waals surface area contributed by atoms with Crippen LogP contribution in [0.15, 0.2) is 4.79 Å². The first-order valence-electron chi connectivity index (χ1n) is 6.13. The first kappa shape index (κ1) is 13.2. The topological polar surface area (TPSA) is 39.5 Å². The third-order valence-corrected chi connectivity index (χ3v) is 3.74. The van der Waals surface area contributed by atoms with Gasteiger partial charge < -0.3 is 4.74 Å². The summed E-state index contributed by atoms with van der Waals surface area (Å²) in [6, 6.07) is 0. The summed E-state index contributed by atoms with van der Waals surface area (Å²) in [6.07, 6.45) is 0. The second-order valence-electron chi connectivity index (χ2n) is 5.43. The lowest BCUT2D eigenvalue weighted by molar-refractivity contribution is 0.293. The second kappa shape index (κ2) is 3.88. The fraction of sp³-hybridized carbons (Fsp3) is 0.462. The number of epoxide rings is 1. The standard InChI is InChI=1S/C13H13F3N2O2/c1-6-7(14)9(16)10-11(8(6)15)18(12(19)17(10)3)4-13(2)5-20-13/h4-5H2,1-3H3. The third kappa shape index (κ3) is 1.62. The summed E-state index contributed by atoms with van der Waals surface area (Å²) < 4.78 is 49.1. The van der Waals surface area contributed by atoms with Gasteiger partial charge in [0.1, 0.15) is 16.6 Å². The maximum atomic E-state index is 14.3. The molecule has 0 saturated carbocycles. The van der Waals surface area contributed by atoms with Gasteiger partial charge in [0.05, 0.1) is 13.2 Å². The molecule has 1 atom stereocenters. The minimum atomic E-state index is -1.27. The number of ether oxygens (including phenoxy) is 1. The Bertz CT molecular complexity index is 787. The van der Waals surface area contributed by atoms with Crippen molar-refractivity contribution in [1.82, 2.24) is 9.13 Å². The zero-order valence-electron chi connectivity index (χ0n) is 11.3. The van der Waals surface area contributed by atoms with E-state index in [1.165, 1.54) is 7.05 Å². The molecular formula is C13H13F3N2O2. The number of imidazole rings is 1. The van der Waals surface area contributed by atoms with Crippen LogP contribution in [0.5, 0.6) is 0 Å². The molecule has 1 aliphatic heterocycles. The van der Waals surface area contributed by atoms with Crippen LogP contribution in [0.4, 0.5) is 13.2 Å². The van der Waals surface area contributed by atoms with Gasteiger partial charge in [-0.2, -0.15) is 0 Å². The molecule has 0 radical (unpaired) electrons. The minimum absolute atomic E-state index is 0.102. The van der Waals surface area contributed by atoms with Gasteiger partial charge in [0, 0.05) is 12.6 Å². The number of hydrogen-bond acceptors (Lipinski definition) is 2. The van der Waals surface area contributed by atoms with Gasteiger partial charge in [-0.15, -0.1) is 0 Å². The van der Waals surface area contributed by atoms with Gasteiger partial charge >= 0.3 is 5.69 Å². The largest absolute Gasteiger partial charge is 0.368 e. The molecule has 1 aromatic carbocycles. The van der Waals surface area contributed by atoms with E-state index in [0.717, 1.165) is 16.1 Å². The number of nitrogens with zero attached hydrogens (tertiary/aromatic N) is 2. The van der Waals surface area contributed by atoms with E-state index in [1.54, 1.807) is 6.92 Å². The number of rotatable bonds is 2. The smallest absolute Gasteiger partial charge is 0.329 e. The molecule has 2 heterocycles. The van der Waals surface area contributed by atoms with Crippen molar-refractivity contribution in [1.29, 1.82) is 0 Å². The van der Waals surface area contributed by atoms with Crippen molar-refractivity contribution in [3.63, 3.8) is 0 Å². The van der Waals surface area contributed by atoms with Gasteiger partial charge in [-0.1, -0.05) is 0 Å². The maximum Gasteiger partial charge on any atom is 0.329 e. The number of aromatic nitrogens is 2. The number of halogens is 3. The van der Waals surface area contributed by atoms with E-state index in [4.69, 9.17) is 4.74 Å². The quantitative estimate of drug-likeness (QED) is 0.624. The van der Waals surface area contributed by atoms with Crippen LogP contribution in [0.1, 0.15) is 12.5 Å². The highest BCUT2D eigenvalue weighted by Gasteiger charge is 2.41. The Morgan fingerprint density at radius 1 is 1.20 bits per heavy atom. The monoisotopic (exact) mass is 286 g/mol. The van der Waals surface area contributed by atoms with Crippen LogP contribution in [0, 0.1) is 24.4 Å². The fourth-order valence-electron chi connectivity index (χ4n) is 2.37. The molecule has 20 heavy (non-hydrogen) atoms. The molecule has 0 spiro atoms. The Morgan fingerprint density at radius 2 is 1.80 bits per heavy atom. The van der Waals surface area contributed by atoms with E-state index < -0.39 is 34.3 Å². The highest BCUT2D eigenvalue weighted by Crippen LogP contribution is 2.31.